The van der Waals surface area contributed by atoms with Crippen LogP contribution in [0.25, 0.3) is 0 Å². The second-order valence-electron chi connectivity index (χ2n) is 19.0. The number of allylic oxidation sites excluding steroid dienone is 3. The molecule has 1 saturated heterocycles. The Morgan fingerprint density at radius 3 is 1.33 bits per heavy atom. The van der Waals surface area contributed by atoms with Crippen molar-refractivity contribution in [3.8, 4) is 0 Å². The predicted molar refractivity (Wildman–Crippen MR) is 263 cm³/mol. The number of hydrogen-bond donors (Lipinski definition) is 6. The first kappa shape index (κ1) is 59.7. The van der Waals surface area contributed by atoms with Crippen molar-refractivity contribution in [1.29, 1.82) is 0 Å². The zero-order valence-corrected chi connectivity index (χ0v) is 41.1. The highest BCUT2D eigenvalue weighted by molar-refractivity contribution is 5.76. The Hall–Kier alpha value is -1.33. The fraction of sp³-hybridized carbons (Fsp3) is 0.907. The molecule has 0 aromatic carbocycles. The van der Waals surface area contributed by atoms with Crippen LogP contribution < -0.4 is 5.32 Å². The van der Waals surface area contributed by atoms with Crippen molar-refractivity contribution in [2.45, 2.75) is 301 Å². The SMILES string of the molecule is CCCCCCCCCCCCCCCCCCCCCCCCCCCCC/C=C/CC/C=C/C(O)C(COC1OC(CO)C(O)C(O)C1O)NC(=O)CCCCCCCCC. The molecule has 0 radical (unpaired) electrons. The Morgan fingerprint density at radius 2 is 0.905 bits per heavy atom. The summed E-state index contributed by atoms with van der Waals surface area (Å²) in [6.07, 6.45) is 48.7. The topological polar surface area (TPSA) is 149 Å². The molecule has 1 amide bonds. The van der Waals surface area contributed by atoms with Gasteiger partial charge in [0.05, 0.1) is 25.4 Å². The molecule has 0 aromatic rings. The maximum absolute atomic E-state index is 12.8. The monoisotopic (exact) mass is 894 g/mol. The average Bonchev–Trinajstić information content (AvgIpc) is 3.28. The Kier molecular flexibility index (Phi) is 42.2. The molecular weight excluding hydrogens is 791 g/mol. The number of carbonyl (C=O) groups excluding carboxylic acids is 1. The van der Waals surface area contributed by atoms with E-state index in [2.05, 4.69) is 31.3 Å². The molecule has 0 aromatic heterocycles. The zero-order chi connectivity index (χ0) is 45.9. The molecule has 6 N–H and O–H groups in total. The number of carbonyl (C=O) groups is 1. The quantitative estimate of drug-likeness (QED) is 0.0261. The van der Waals surface area contributed by atoms with Crippen LogP contribution in [-0.4, -0.2) is 87.5 Å². The molecule has 0 saturated carbocycles. The van der Waals surface area contributed by atoms with E-state index in [1.807, 2.05) is 6.08 Å². The Balaban J connectivity index is 2.09. The van der Waals surface area contributed by atoms with Crippen molar-refractivity contribution >= 4 is 5.91 Å². The minimum absolute atomic E-state index is 0.192. The highest BCUT2D eigenvalue weighted by Crippen LogP contribution is 2.23. The highest BCUT2D eigenvalue weighted by Gasteiger charge is 2.44. The number of ether oxygens (including phenoxy) is 2. The van der Waals surface area contributed by atoms with Crippen LogP contribution >= 0.6 is 0 Å². The van der Waals surface area contributed by atoms with Crippen LogP contribution in [-0.2, 0) is 14.3 Å². The molecule has 1 aliphatic heterocycles. The third kappa shape index (κ3) is 34.6. The lowest BCUT2D eigenvalue weighted by Crippen LogP contribution is -2.60. The molecule has 0 aliphatic carbocycles. The van der Waals surface area contributed by atoms with Crippen LogP contribution in [0, 0.1) is 0 Å². The summed E-state index contributed by atoms with van der Waals surface area (Å²) in [6.45, 7) is 3.72. The molecular formula is C54H103NO8. The van der Waals surface area contributed by atoms with Crippen LogP contribution in [0.4, 0.5) is 0 Å². The molecule has 0 bridgehead atoms. The van der Waals surface area contributed by atoms with E-state index >= 15 is 0 Å². The van der Waals surface area contributed by atoms with Gasteiger partial charge in [0.2, 0.25) is 5.91 Å². The number of rotatable bonds is 46. The lowest BCUT2D eigenvalue weighted by molar-refractivity contribution is -0.302. The molecule has 1 heterocycles. The van der Waals surface area contributed by atoms with E-state index in [1.165, 1.54) is 199 Å². The normalized spacial score (nSPS) is 20.3. The van der Waals surface area contributed by atoms with Gasteiger partial charge in [-0.25, -0.2) is 0 Å². The number of aliphatic hydroxyl groups excluding tert-OH is 5. The average molecular weight is 894 g/mol. The smallest absolute Gasteiger partial charge is 0.220 e. The van der Waals surface area contributed by atoms with Gasteiger partial charge in [0.1, 0.15) is 24.4 Å². The van der Waals surface area contributed by atoms with Crippen molar-refractivity contribution in [2.75, 3.05) is 13.2 Å². The van der Waals surface area contributed by atoms with Gasteiger partial charge in [0.25, 0.3) is 0 Å². The third-order valence-electron chi connectivity index (χ3n) is 13.0. The van der Waals surface area contributed by atoms with Crippen molar-refractivity contribution in [1.82, 2.24) is 5.32 Å². The lowest BCUT2D eigenvalue weighted by atomic mass is 9.99. The van der Waals surface area contributed by atoms with Gasteiger partial charge in [0, 0.05) is 6.42 Å². The summed E-state index contributed by atoms with van der Waals surface area (Å²) >= 11 is 0. The number of amides is 1. The largest absolute Gasteiger partial charge is 0.394 e. The maximum atomic E-state index is 12.8. The first-order valence-corrected chi connectivity index (χ1v) is 27.1. The van der Waals surface area contributed by atoms with E-state index < -0.39 is 49.5 Å². The summed E-state index contributed by atoms with van der Waals surface area (Å²) in [5.74, 6) is -0.192. The van der Waals surface area contributed by atoms with Crippen molar-refractivity contribution in [2.24, 2.45) is 0 Å². The third-order valence-corrected chi connectivity index (χ3v) is 13.0. The van der Waals surface area contributed by atoms with Crippen molar-refractivity contribution in [3.63, 3.8) is 0 Å². The summed E-state index contributed by atoms with van der Waals surface area (Å²) in [6, 6.07) is -0.815. The van der Waals surface area contributed by atoms with Crippen LogP contribution in [0.3, 0.4) is 0 Å². The molecule has 7 unspecified atom stereocenters. The van der Waals surface area contributed by atoms with Crippen LogP contribution in [0.2, 0.25) is 0 Å². The van der Waals surface area contributed by atoms with E-state index in [4.69, 9.17) is 9.47 Å². The number of hydrogen-bond acceptors (Lipinski definition) is 8. The molecule has 372 valence electrons. The number of nitrogens with one attached hydrogen (secondary N) is 1. The lowest BCUT2D eigenvalue weighted by Gasteiger charge is -2.40. The van der Waals surface area contributed by atoms with E-state index in [0.29, 0.717) is 6.42 Å². The molecule has 0 spiro atoms. The highest BCUT2D eigenvalue weighted by atomic mass is 16.7. The first-order valence-electron chi connectivity index (χ1n) is 27.1. The second-order valence-corrected chi connectivity index (χ2v) is 19.0. The Labute approximate surface area is 388 Å². The van der Waals surface area contributed by atoms with Crippen molar-refractivity contribution in [3.05, 3.63) is 24.3 Å². The van der Waals surface area contributed by atoms with Gasteiger partial charge in [-0.05, 0) is 32.1 Å². The van der Waals surface area contributed by atoms with Gasteiger partial charge in [0.15, 0.2) is 6.29 Å². The summed E-state index contributed by atoms with van der Waals surface area (Å²) in [7, 11) is 0. The summed E-state index contributed by atoms with van der Waals surface area (Å²) < 4.78 is 11.2. The fourth-order valence-electron chi connectivity index (χ4n) is 8.70. The zero-order valence-electron chi connectivity index (χ0n) is 41.1. The maximum Gasteiger partial charge on any atom is 0.220 e. The molecule has 9 nitrogen and oxygen atoms in total. The standard InChI is InChI=1S/C54H103NO8/c1-3-5-7-9-11-12-13-14-15-16-17-18-19-20-21-22-23-24-25-26-27-28-29-30-31-32-33-34-35-36-38-39-41-43-48(57)47(55-50(58)44-42-40-37-10-8-6-4-2)46-62-54-53(61)52(60)51(59)49(45-56)63-54/h35-36,41,43,47-49,51-54,56-57,59-61H,3-34,37-40,42,44-46H2,1-2H3,(H,55,58)/b36-35+,43-41+. The van der Waals surface area contributed by atoms with Gasteiger partial charge in [-0.3, -0.25) is 4.79 Å². The Bertz CT molecular complexity index is 1040. The van der Waals surface area contributed by atoms with E-state index in [9.17, 15) is 30.3 Å². The van der Waals surface area contributed by atoms with Gasteiger partial charge in [-0.15, -0.1) is 0 Å². The molecule has 63 heavy (non-hydrogen) atoms. The predicted octanol–water partition coefficient (Wildman–Crippen LogP) is 12.6. The van der Waals surface area contributed by atoms with E-state index in [1.54, 1.807) is 6.08 Å². The van der Waals surface area contributed by atoms with Gasteiger partial charge >= 0.3 is 0 Å². The first-order chi connectivity index (χ1) is 30.8. The molecule has 1 rings (SSSR count). The second kappa shape index (κ2) is 44.5. The molecule has 1 fully saturated rings. The number of aliphatic hydroxyl groups is 5. The van der Waals surface area contributed by atoms with Crippen molar-refractivity contribution < 1.29 is 39.8 Å². The minimum Gasteiger partial charge on any atom is -0.394 e. The molecule has 7 atom stereocenters. The summed E-state index contributed by atoms with van der Waals surface area (Å²) in [5, 5.41) is 54.0. The van der Waals surface area contributed by atoms with Gasteiger partial charge in [-0.1, -0.05) is 244 Å². The minimum atomic E-state index is -1.57. The Morgan fingerprint density at radius 1 is 0.524 bits per heavy atom. The van der Waals surface area contributed by atoms with Crippen LogP contribution in [0.1, 0.15) is 258 Å². The van der Waals surface area contributed by atoms with Crippen LogP contribution in [0.5, 0.6) is 0 Å². The van der Waals surface area contributed by atoms with Crippen LogP contribution in [0.15, 0.2) is 24.3 Å². The summed E-state index contributed by atoms with van der Waals surface area (Å²) in [4.78, 5) is 12.8. The van der Waals surface area contributed by atoms with E-state index in [0.717, 1.165) is 38.5 Å². The van der Waals surface area contributed by atoms with E-state index in [-0.39, 0.29) is 12.5 Å². The van der Waals surface area contributed by atoms with Gasteiger partial charge in [-0.2, -0.15) is 0 Å². The summed E-state index contributed by atoms with van der Waals surface area (Å²) in [5.41, 5.74) is 0. The number of unbranched alkanes of at least 4 members (excludes halogenated alkanes) is 34. The molecule has 1 aliphatic rings. The fourth-order valence-corrected chi connectivity index (χ4v) is 8.70. The van der Waals surface area contributed by atoms with Gasteiger partial charge < -0.3 is 40.3 Å². The molecule has 9 heteroatoms.